The van der Waals surface area contributed by atoms with Crippen molar-refractivity contribution in [3.05, 3.63) is 204 Å². The van der Waals surface area contributed by atoms with E-state index in [4.69, 9.17) is 0 Å². The second-order valence-electron chi connectivity index (χ2n) is 14.9. The van der Waals surface area contributed by atoms with Gasteiger partial charge in [0.05, 0.1) is 9.79 Å². The maximum Gasteiger partial charge on any atom is 0.255 e. The van der Waals surface area contributed by atoms with E-state index < -0.39 is 32.1 Å². The first-order valence-electron chi connectivity index (χ1n) is 20.9. The van der Waals surface area contributed by atoms with Crippen molar-refractivity contribution in [2.45, 2.75) is 50.6 Å². The standard InChI is InChI=1S/C36H32N6O4.2C7H8O3S/c1-3-41-20-6-10-31(23-41)39-33(43)25-12-16-29(17-13-25)37-35(45)27-8-5-9-28(22-27)36(46)38-30-18-14-26(15-19-30)34(44)40-32-11-7-21-42(4-2)24-32;2*1-6-2-4-7(5-3-6)11(8,9)10/h5-24H,3-4H2,1-2H3,(H2-2,37,38,39,40,43,44,45,46);2*2-5H,1H3,(H,8,9,10). The fourth-order valence-electron chi connectivity index (χ4n) is 6.02. The average Bonchev–Trinajstić information content (AvgIpc) is 3.32. The maximum absolute atomic E-state index is 13.0. The molecule has 4 N–H and O–H groups in total. The van der Waals surface area contributed by atoms with Crippen LogP contribution in [-0.4, -0.2) is 49.6 Å². The largest absolute Gasteiger partial charge is 0.744 e. The summed E-state index contributed by atoms with van der Waals surface area (Å²) >= 11 is 0. The quantitative estimate of drug-likeness (QED) is 0.0715. The van der Waals surface area contributed by atoms with Gasteiger partial charge in [-0.1, -0.05) is 41.5 Å². The van der Waals surface area contributed by atoms with Gasteiger partial charge in [0.1, 0.15) is 44.7 Å². The normalized spacial score (nSPS) is 10.8. The summed E-state index contributed by atoms with van der Waals surface area (Å²) in [5.41, 5.74) is 5.69. The van der Waals surface area contributed by atoms with E-state index in [-0.39, 0.29) is 21.6 Å². The van der Waals surface area contributed by atoms with Gasteiger partial charge in [0.15, 0.2) is 24.8 Å². The van der Waals surface area contributed by atoms with E-state index >= 15 is 0 Å². The maximum atomic E-state index is 13.0. The van der Waals surface area contributed by atoms with Crippen molar-refractivity contribution < 1.29 is 54.3 Å². The minimum atomic E-state index is -4.27. The van der Waals surface area contributed by atoms with Gasteiger partial charge in [-0.05, 0) is 131 Å². The number of nitrogens with zero attached hydrogens (tertiary/aromatic N) is 2. The van der Waals surface area contributed by atoms with Crippen LogP contribution < -0.4 is 30.4 Å². The summed E-state index contributed by atoms with van der Waals surface area (Å²) in [4.78, 5) is 50.9. The van der Waals surface area contributed by atoms with E-state index in [9.17, 15) is 45.1 Å². The second-order valence-corrected chi connectivity index (χ2v) is 17.7. The predicted octanol–water partition coefficient (Wildman–Crippen LogP) is 7.11. The monoisotopic (exact) mass is 956 g/mol. The molecule has 0 fully saturated rings. The topological polar surface area (TPSA) is 239 Å². The van der Waals surface area contributed by atoms with Crippen molar-refractivity contribution in [2.24, 2.45) is 0 Å². The van der Waals surface area contributed by atoms with Crippen molar-refractivity contribution in [1.29, 1.82) is 0 Å². The molecule has 0 spiro atoms. The average molecular weight is 957 g/mol. The van der Waals surface area contributed by atoms with Crippen molar-refractivity contribution in [2.75, 3.05) is 21.3 Å². The van der Waals surface area contributed by atoms with Crippen LogP contribution >= 0.6 is 0 Å². The number of hydrogen-bond donors (Lipinski definition) is 4. The first kappa shape index (κ1) is 51.1. The Kier molecular flexibility index (Phi) is 17.7. The van der Waals surface area contributed by atoms with Gasteiger partial charge < -0.3 is 30.4 Å². The summed E-state index contributed by atoms with van der Waals surface area (Å²) < 4.78 is 66.2. The molecule has 0 aliphatic rings. The van der Waals surface area contributed by atoms with Crippen LogP contribution in [0.2, 0.25) is 0 Å². The Morgan fingerprint density at radius 1 is 0.426 bits per heavy atom. The summed E-state index contributed by atoms with van der Waals surface area (Å²) in [6, 6.07) is 38.4. The van der Waals surface area contributed by atoms with Gasteiger partial charge in [0, 0.05) is 45.8 Å². The minimum Gasteiger partial charge on any atom is -0.744 e. The Bertz CT molecular complexity index is 2900. The van der Waals surface area contributed by atoms with E-state index in [0.29, 0.717) is 45.0 Å². The molecule has 0 atom stereocenters. The number of amides is 4. The van der Waals surface area contributed by atoms with Crippen LogP contribution in [0.1, 0.15) is 66.4 Å². The molecular formula is C50H48N6O10S2. The van der Waals surface area contributed by atoms with Gasteiger partial charge in [-0.2, -0.15) is 0 Å². The molecule has 68 heavy (non-hydrogen) atoms. The zero-order valence-electron chi connectivity index (χ0n) is 37.4. The van der Waals surface area contributed by atoms with Crippen LogP contribution in [0.25, 0.3) is 0 Å². The van der Waals surface area contributed by atoms with E-state index in [2.05, 4.69) is 21.3 Å². The number of benzene rings is 5. The molecule has 2 aromatic heterocycles. The molecular weight excluding hydrogens is 909 g/mol. The molecule has 7 aromatic rings. The van der Waals surface area contributed by atoms with Crippen LogP contribution in [0.5, 0.6) is 0 Å². The summed E-state index contributed by atoms with van der Waals surface area (Å²) in [6.07, 6.45) is 7.55. The van der Waals surface area contributed by atoms with E-state index in [1.165, 1.54) is 30.3 Å². The first-order valence-corrected chi connectivity index (χ1v) is 23.7. The number of anilines is 4. The summed E-state index contributed by atoms with van der Waals surface area (Å²) in [5, 5.41) is 11.3. The van der Waals surface area contributed by atoms with E-state index in [1.54, 1.807) is 91.0 Å². The Morgan fingerprint density at radius 3 is 1.07 bits per heavy atom. The van der Waals surface area contributed by atoms with Crippen LogP contribution in [0.4, 0.5) is 22.7 Å². The van der Waals surface area contributed by atoms with Crippen molar-refractivity contribution in [1.82, 2.24) is 0 Å². The zero-order valence-corrected chi connectivity index (χ0v) is 39.0. The number of nitrogens with one attached hydrogen (secondary N) is 4. The molecule has 350 valence electrons. The van der Waals surface area contributed by atoms with Gasteiger partial charge in [-0.15, -0.1) is 0 Å². The fraction of sp³-hybridized carbons (Fsp3) is 0.120. The number of aryl methyl sites for hydroxylation is 4. The lowest BCUT2D eigenvalue weighted by atomic mass is 10.1. The van der Waals surface area contributed by atoms with Gasteiger partial charge in [-0.3, -0.25) is 19.2 Å². The highest BCUT2D eigenvalue weighted by Crippen LogP contribution is 2.17. The number of carbonyl (C=O) groups excluding carboxylic acids is 4. The molecule has 5 aromatic carbocycles. The van der Waals surface area contributed by atoms with Crippen LogP contribution in [-0.2, 0) is 33.3 Å². The lowest BCUT2D eigenvalue weighted by Gasteiger charge is -2.10. The van der Waals surface area contributed by atoms with Crippen molar-refractivity contribution >= 4 is 66.6 Å². The lowest BCUT2D eigenvalue weighted by molar-refractivity contribution is -0.693. The van der Waals surface area contributed by atoms with E-state index in [1.807, 2.05) is 85.9 Å². The molecule has 2 heterocycles. The Morgan fingerprint density at radius 2 is 0.750 bits per heavy atom. The fourth-order valence-corrected chi connectivity index (χ4v) is 6.96. The number of aromatic nitrogens is 2. The molecule has 16 nitrogen and oxygen atoms in total. The number of hydrogen-bond acceptors (Lipinski definition) is 10. The molecule has 18 heteroatoms. The molecule has 0 aliphatic heterocycles. The number of rotatable bonds is 12. The Hall–Kier alpha value is -7.90. The number of carbonyl (C=O) groups is 4. The first-order chi connectivity index (χ1) is 32.3. The highest BCUT2D eigenvalue weighted by Gasteiger charge is 2.14. The molecule has 0 aliphatic carbocycles. The van der Waals surface area contributed by atoms with Crippen LogP contribution in [0, 0.1) is 13.8 Å². The third-order valence-electron chi connectivity index (χ3n) is 9.78. The van der Waals surface area contributed by atoms with Gasteiger partial charge >= 0.3 is 0 Å². The van der Waals surface area contributed by atoms with Crippen molar-refractivity contribution in [3.8, 4) is 0 Å². The highest BCUT2D eigenvalue weighted by molar-refractivity contribution is 7.86. The van der Waals surface area contributed by atoms with Crippen LogP contribution in [0.15, 0.2) is 180 Å². The third-order valence-corrected chi connectivity index (χ3v) is 11.5. The molecule has 4 amide bonds. The minimum absolute atomic E-state index is 0.178. The SMILES string of the molecule is CC[n+]1cccc(NC(=O)c2ccc(NC(=O)c3cccc(C(=O)Nc4ccc(C(=O)Nc5ccc[n+](CC)c5)cc4)c3)cc2)c1.Cc1ccc(S(=O)(=O)[O-])cc1.Cc1ccc(S(=O)(=O)[O-])cc1. The molecule has 0 bridgehead atoms. The van der Waals surface area contributed by atoms with E-state index in [0.717, 1.165) is 24.2 Å². The van der Waals surface area contributed by atoms with Gasteiger partial charge in [-0.25, -0.2) is 26.0 Å². The van der Waals surface area contributed by atoms with Crippen LogP contribution in [0.3, 0.4) is 0 Å². The third kappa shape index (κ3) is 15.6. The molecule has 7 rings (SSSR count). The highest BCUT2D eigenvalue weighted by atomic mass is 32.2. The summed E-state index contributed by atoms with van der Waals surface area (Å²) in [7, 11) is -8.54. The number of pyridine rings is 2. The smallest absolute Gasteiger partial charge is 0.255 e. The molecule has 0 saturated carbocycles. The Balaban J connectivity index is 0.000000319. The lowest BCUT2D eigenvalue weighted by Crippen LogP contribution is -2.31. The molecule has 0 saturated heterocycles. The zero-order chi connectivity index (χ0) is 49.4. The molecule has 0 radical (unpaired) electrons. The predicted molar refractivity (Wildman–Crippen MR) is 254 cm³/mol. The van der Waals surface area contributed by atoms with Crippen molar-refractivity contribution in [3.63, 3.8) is 0 Å². The Labute approximate surface area is 394 Å². The summed E-state index contributed by atoms with van der Waals surface area (Å²) in [6.45, 7) is 9.25. The summed E-state index contributed by atoms with van der Waals surface area (Å²) in [5.74, 6) is -1.34. The molecule has 0 unspecified atom stereocenters. The van der Waals surface area contributed by atoms with Gasteiger partial charge in [0.25, 0.3) is 23.6 Å². The second kappa shape index (κ2) is 23.5. The van der Waals surface area contributed by atoms with Gasteiger partial charge in [0.2, 0.25) is 0 Å².